The molecule has 1 aliphatic rings. The Kier molecular flexibility index (Phi) is 8.98. The van der Waals surface area contributed by atoms with E-state index >= 15 is 0 Å². The van der Waals surface area contributed by atoms with Crippen LogP contribution in [0.4, 0.5) is 5.69 Å². The summed E-state index contributed by atoms with van der Waals surface area (Å²) in [5.74, 6) is -0.640. The molecule has 2 heterocycles. The number of amides is 3. The van der Waals surface area contributed by atoms with Crippen molar-refractivity contribution in [2.75, 3.05) is 38.1 Å². The van der Waals surface area contributed by atoms with Crippen molar-refractivity contribution in [1.29, 1.82) is 5.26 Å². The van der Waals surface area contributed by atoms with Crippen LogP contribution in [0.2, 0.25) is 0 Å². The number of carbonyl (C=O) groups is 3. The molecule has 4 rings (SSSR count). The Labute approximate surface area is 237 Å². The molecule has 0 aliphatic carbocycles. The van der Waals surface area contributed by atoms with E-state index in [-0.39, 0.29) is 64.5 Å². The van der Waals surface area contributed by atoms with Gasteiger partial charge in [-0.15, -0.1) is 0 Å². The average molecular weight is 559 g/mol. The highest BCUT2D eigenvalue weighted by molar-refractivity contribution is 5.98. The summed E-state index contributed by atoms with van der Waals surface area (Å²) in [5, 5.41) is 12.1. The Balaban J connectivity index is 1.74. The van der Waals surface area contributed by atoms with Crippen molar-refractivity contribution in [3.8, 4) is 35.3 Å². The lowest BCUT2D eigenvalue weighted by atomic mass is 10.1. The second-order valence-corrected chi connectivity index (χ2v) is 8.84. The first-order valence-electron chi connectivity index (χ1n) is 13.2. The molecule has 1 aliphatic heterocycles. The fraction of sp³-hybridized carbons (Fsp3) is 0.310. The maximum absolute atomic E-state index is 13.2. The first-order valence-corrected chi connectivity index (χ1v) is 13.2. The molecule has 1 N–H and O–H groups in total. The second-order valence-electron chi connectivity index (χ2n) is 8.84. The topological polar surface area (TPSA) is 147 Å². The van der Waals surface area contributed by atoms with Crippen molar-refractivity contribution < 1.29 is 28.6 Å². The summed E-state index contributed by atoms with van der Waals surface area (Å²) in [6, 6.07) is 12.8. The van der Waals surface area contributed by atoms with E-state index < -0.39 is 5.91 Å². The van der Waals surface area contributed by atoms with Gasteiger partial charge in [-0.05, 0) is 64.1 Å². The molecule has 12 heteroatoms. The van der Waals surface area contributed by atoms with E-state index in [4.69, 9.17) is 14.2 Å². The SMILES string of the molecule is CCN(CC)C(=O)c1cccc(Oc2nc(Oc3cc(C#N)ccc3C(=O)N(CC)CC)nc3c2NC(=O)CO3)c1. The summed E-state index contributed by atoms with van der Waals surface area (Å²) < 4.78 is 17.5. The van der Waals surface area contributed by atoms with E-state index in [1.807, 2.05) is 33.8 Å². The number of aromatic nitrogens is 2. The van der Waals surface area contributed by atoms with Crippen LogP contribution in [0.1, 0.15) is 54.0 Å². The molecule has 0 bridgehead atoms. The highest BCUT2D eigenvalue weighted by atomic mass is 16.5. The van der Waals surface area contributed by atoms with Crippen LogP contribution in [-0.4, -0.2) is 70.3 Å². The first kappa shape index (κ1) is 28.8. The Hall–Kier alpha value is -5.18. The van der Waals surface area contributed by atoms with Gasteiger partial charge in [-0.25, -0.2) is 0 Å². The lowest BCUT2D eigenvalue weighted by Gasteiger charge is -2.22. The smallest absolute Gasteiger partial charge is 0.328 e. The van der Waals surface area contributed by atoms with Gasteiger partial charge >= 0.3 is 6.01 Å². The van der Waals surface area contributed by atoms with Gasteiger partial charge in [0.15, 0.2) is 12.3 Å². The van der Waals surface area contributed by atoms with E-state index in [0.29, 0.717) is 31.7 Å². The van der Waals surface area contributed by atoms with Gasteiger partial charge in [-0.2, -0.15) is 15.2 Å². The Morgan fingerprint density at radius 1 is 0.976 bits per heavy atom. The van der Waals surface area contributed by atoms with E-state index in [9.17, 15) is 19.6 Å². The van der Waals surface area contributed by atoms with Gasteiger partial charge in [0.2, 0.25) is 5.88 Å². The maximum atomic E-state index is 13.2. The lowest BCUT2D eigenvalue weighted by molar-refractivity contribution is -0.118. The number of anilines is 1. The molecular formula is C29H30N6O6. The molecule has 0 atom stereocenters. The van der Waals surface area contributed by atoms with Gasteiger partial charge in [-0.3, -0.25) is 14.4 Å². The van der Waals surface area contributed by atoms with Crippen LogP contribution in [0.5, 0.6) is 29.3 Å². The number of fused-ring (bicyclic) bond motifs is 1. The number of nitrogens with zero attached hydrogens (tertiary/aromatic N) is 5. The van der Waals surface area contributed by atoms with Crippen molar-refractivity contribution in [2.45, 2.75) is 27.7 Å². The molecule has 2 aromatic carbocycles. The fourth-order valence-corrected chi connectivity index (χ4v) is 4.17. The standard InChI is InChI=1S/C29H30N6O6/c1-5-34(6-2)27(37)19-10-9-11-20(15-19)40-26-24-25(39-17-23(36)31-24)32-29(33-26)41-22-14-18(16-30)12-13-21(22)28(38)35(7-3)8-4/h9-15H,5-8,17H2,1-4H3,(H,31,36). The minimum Gasteiger partial charge on any atom is -0.466 e. The number of hydrogen-bond donors (Lipinski definition) is 1. The van der Waals surface area contributed by atoms with Crippen LogP contribution in [0.25, 0.3) is 0 Å². The zero-order chi connectivity index (χ0) is 29.5. The third-order valence-corrected chi connectivity index (χ3v) is 6.37. The molecule has 1 aromatic heterocycles. The number of benzene rings is 2. The molecule has 3 aromatic rings. The highest BCUT2D eigenvalue weighted by Gasteiger charge is 2.27. The fourth-order valence-electron chi connectivity index (χ4n) is 4.17. The Morgan fingerprint density at radius 2 is 1.68 bits per heavy atom. The molecule has 0 radical (unpaired) electrons. The van der Waals surface area contributed by atoms with Crippen molar-refractivity contribution in [1.82, 2.24) is 19.8 Å². The van der Waals surface area contributed by atoms with Crippen LogP contribution in [0, 0.1) is 11.3 Å². The predicted molar refractivity (Wildman–Crippen MR) is 148 cm³/mol. The van der Waals surface area contributed by atoms with Crippen LogP contribution in [0.15, 0.2) is 42.5 Å². The van der Waals surface area contributed by atoms with E-state index in [1.165, 1.54) is 18.2 Å². The number of nitrogens with one attached hydrogen (secondary N) is 1. The van der Waals surface area contributed by atoms with Crippen molar-refractivity contribution in [3.05, 3.63) is 59.2 Å². The van der Waals surface area contributed by atoms with Gasteiger partial charge in [0, 0.05) is 31.7 Å². The first-order chi connectivity index (χ1) is 19.8. The van der Waals surface area contributed by atoms with Crippen LogP contribution >= 0.6 is 0 Å². The summed E-state index contributed by atoms with van der Waals surface area (Å²) in [4.78, 5) is 50.0. The lowest BCUT2D eigenvalue weighted by Crippen LogP contribution is -2.30. The summed E-state index contributed by atoms with van der Waals surface area (Å²) in [5.41, 5.74) is 0.982. The minimum absolute atomic E-state index is 0.00645. The number of hydrogen-bond acceptors (Lipinski definition) is 9. The number of nitriles is 1. The van der Waals surface area contributed by atoms with Crippen molar-refractivity contribution in [3.63, 3.8) is 0 Å². The van der Waals surface area contributed by atoms with Gasteiger partial charge < -0.3 is 29.3 Å². The molecular weight excluding hydrogens is 528 g/mol. The van der Waals surface area contributed by atoms with Gasteiger partial charge in [0.05, 0.1) is 17.2 Å². The molecule has 0 fully saturated rings. The minimum atomic E-state index is -0.432. The maximum Gasteiger partial charge on any atom is 0.328 e. The Bertz CT molecular complexity index is 1510. The molecule has 212 valence electrons. The molecule has 0 saturated carbocycles. The third kappa shape index (κ3) is 6.36. The van der Waals surface area contributed by atoms with Gasteiger partial charge in [0.1, 0.15) is 11.5 Å². The largest absolute Gasteiger partial charge is 0.466 e. The monoisotopic (exact) mass is 558 g/mol. The summed E-state index contributed by atoms with van der Waals surface area (Å²) in [6.07, 6.45) is 0. The number of ether oxygens (including phenoxy) is 3. The zero-order valence-corrected chi connectivity index (χ0v) is 23.3. The predicted octanol–water partition coefficient (Wildman–Crippen LogP) is 4.23. The van der Waals surface area contributed by atoms with Gasteiger partial charge in [-0.1, -0.05) is 6.07 Å². The van der Waals surface area contributed by atoms with E-state index in [1.54, 1.807) is 34.1 Å². The molecule has 0 unspecified atom stereocenters. The Morgan fingerprint density at radius 3 is 2.37 bits per heavy atom. The third-order valence-electron chi connectivity index (χ3n) is 6.37. The second kappa shape index (κ2) is 12.8. The van der Waals surface area contributed by atoms with Crippen molar-refractivity contribution >= 4 is 23.4 Å². The number of carbonyl (C=O) groups excluding carboxylic acids is 3. The average Bonchev–Trinajstić information content (AvgIpc) is 2.98. The molecule has 3 amide bonds. The van der Waals surface area contributed by atoms with Gasteiger partial charge in [0.25, 0.3) is 23.6 Å². The van der Waals surface area contributed by atoms with Crippen molar-refractivity contribution in [2.24, 2.45) is 0 Å². The van der Waals surface area contributed by atoms with Crippen LogP contribution < -0.4 is 19.5 Å². The summed E-state index contributed by atoms with van der Waals surface area (Å²) >= 11 is 0. The highest BCUT2D eigenvalue weighted by Crippen LogP contribution is 2.39. The quantitative estimate of drug-likeness (QED) is 0.386. The van der Waals surface area contributed by atoms with Crippen LogP contribution in [-0.2, 0) is 4.79 Å². The van der Waals surface area contributed by atoms with E-state index in [2.05, 4.69) is 15.3 Å². The van der Waals surface area contributed by atoms with Crippen LogP contribution in [0.3, 0.4) is 0 Å². The molecule has 0 spiro atoms. The summed E-state index contributed by atoms with van der Waals surface area (Å²) in [7, 11) is 0. The molecule has 0 saturated heterocycles. The van der Waals surface area contributed by atoms with E-state index in [0.717, 1.165) is 0 Å². The summed E-state index contributed by atoms with van der Waals surface area (Å²) in [6.45, 7) is 9.28. The molecule has 12 nitrogen and oxygen atoms in total. The zero-order valence-electron chi connectivity index (χ0n) is 23.3. The normalized spacial score (nSPS) is 11.8. The number of rotatable bonds is 10. The molecule has 41 heavy (non-hydrogen) atoms.